The Hall–Kier alpha value is -3.58. The highest BCUT2D eigenvalue weighted by Crippen LogP contribution is 2.22. The lowest BCUT2D eigenvalue weighted by atomic mass is 10.3. The van der Waals surface area contributed by atoms with Gasteiger partial charge in [-0.2, -0.15) is 0 Å². The number of nitro benzene ring substituents is 1. The molecule has 3 rings (SSSR count). The first kappa shape index (κ1) is 21.1. The number of aryl methyl sites for hydroxylation is 1. The molecule has 0 aliphatic carbocycles. The highest BCUT2D eigenvalue weighted by molar-refractivity contribution is 7.93. The highest BCUT2D eigenvalue weighted by Gasteiger charge is 2.19. The zero-order valence-electron chi connectivity index (χ0n) is 15.4. The fourth-order valence-corrected chi connectivity index (χ4v) is 4.41. The maximum Gasteiger partial charge on any atom is 0.270 e. The van der Waals surface area contributed by atoms with Gasteiger partial charge in [-0.1, -0.05) is 6.07 Å². The molecule has 2 N–H and O–H groups in total. The molecule has 3 aromatic rings. The van der Waals surface area contributed by atoms with Crippen molar-refractivity contribution >= 4 is 37.4 Å². The Morgan fingerprint density at radius 2 is 1.57 bits per heavy atom. The van der Waals surface area contributed by atoms with Crippen LogP contribution < -0.4 is 9.44 Å². The first-order valence-electron chi connectivity index (χ1n) is 8.27. The van der Waals surface area contributed by atoms with Gasteiger partial charge < -0.3 is 0 Å². The van der Waals surface area contributed by atoms with Gasteiger partial charge in [-0.25, -0.2) is 31.5 Å². The third kappa shape index (κ3) is 4.87. The lowest BCUT2D eigenvalue weighted by Crippen LogP contribution is -2.16. The molecule has 30 heavy (non-hydrogen) atoms. The molecule has 0 radical (unpaired) electrons. The number of nitrogens with one attached hydrogen (secondary N) is 2. The van der Waals surface area contributed by atoms with Crippen molar-refractivity contribution in [3.63, 3.8) is 0 Å². The van der Waals surface area contributed by atoms with Crippen LogP contribution in [0.25, 0.3) is 0 Å². The summed E-state index contributed by atoms with van der Waals surface area (Å²) in [6.45, 7) is 1.68. The van der Waals surface area contributed by atoms with Crippen molar-refractivity contribution in [3.8, 4) is 0 Å². The molecule has 0 aliphatic heterocycles. The molecule has 0 saturated carbocycles. The van der Waals surface area contributed by atoms with Crippen LogP contribution in [0.15, 0.2) is 70.6 Å². The minimum atomic E-state index is -4.11. The second-order valence-corrected chi connectivity index (χ2v) is 9.38. The Morgan fingerprint density at radius 3 is 2.20 bits per heavy atom. The van der Waals surface area contributed by atoms with Crippen molar-refractivity contribution in [1.82, 2.24) is 9.97 Å². The summed E-state index contributed by atoms with van der Waals surface area (Å²) in [5, 5.41) is 10.8. The number of benzene rings is 2. The molecule has 1 aromatic heterocycles. The average Bonchev–Trinajstić information content (AvgIpc) is 2.68. The van der Waals surface area contributed by atoms with E-state index in [4.69, 9.17) is 0 Å². The van der Waals surface area contributed by atoms with Crippen molar-refractivity contribution in [2.75, 3.05) is 9.44 Å². The predicted molar refractivity (Wildman–Crippen MR) is 108 cm³/mol. The molecule has 2 aromatic carbocycles. The van der Waals surface area contributed by atoms with Crippen LogP contribution in [0.1, 0.15) is 5.69 Å². The van der Waals surface area contributed by atoms with Gasteiger partial charge in [0, 0.05) is 29.7 Å². The van der Waals surface area contributed by atoms with Crippen LogP contribution in [0.4, 0.5) is 17.3 Å². The quantitative estimate of drug-likeness (QED) is 0.410. The van der Waals surface area contributed by atoms with Crippen molar-refractivity contribution in [2.45, 2.75) is 16.7 Å². The first-order valence-corrected chi connectivity index (χ1v) is 11.2. The zero-order valence-corrected chi connectivity index (χ0v) is 17.0. The number of anilines is 2. The van der Waals surface area contributed by atoms with Gasteiger partial charge in [-0.15, -0.1) is 0 Å². The van der Waals surface area contributed by atoms with Crippen molar-refractivity contribution in [3.05, 3.63) is 76.6 Å². The van der Waals surface area contributed by atoms with Gasteiger partial charge >= 0.3 is 0 Å². The van der Waals surface area contributed by atoms with E-state index in [0.717, 1.165) is 6.07 Å². The SMILES string of the molecule is Cc1ccnc(NS(=O)(=O)c2ccc(NS(=O)(=O)c3cccc([N+](=O)[O-])c3)cc2)n1. The van der Waals surface area contributed by atoms with E-state index in [-0.39, 0.29) is 27.1 Å². The van der Waals surface area contributed by atoms with Crippen LogP contribution in [-0.4, -0.2) is 31.7 Å². The van der Waals surface area contributed by atoms with Crippen LogP contribution in [0, 0.1) is 17.0 Å². The summed E-state index contributed by atoms with van der Waals surface area (Å²) in [5.74, 6) is -0.0922. The molecule has 13 heteroatoms. The summed E-state index contributed by atoms with van der Waals surface area (Å²) >= 11 is 0. The molecule has 0 unspecified atom stereocenters. The fourth-order valence-electron chi connectivity index (χ4n) is 2.36. The van der Waals surface area contributed by atoms with E-state index < -0.39 is 25.0 Å². The Bertz CT molecular complexity index is 1310. The molecule has 1 heterocycles. The van der Waals surface area contributed by atoms with Crippen LogP contribution in [0.5, 0.6) is 0 Å². The zero-order chi connectivity index (χ0) is 21.9. The Balaban J connectivity index is 1.80. The summed E-state index contributed by atoms with van der Waals surface area (Å²) in [4.78, 5) is 17.5. The second kappa shape index (κ2) is 8.04. The number of hydrogen-bond acceptors (Lipinski definition) is 8. The summed E-state index contributed by atoms with van der Waals surface area (Å²) in [5.41, 5.74) is 0.282. The van der Waals surface area contributed by atoms with Crippen molar-refractivity contribution < 1.29 is 21.8 Å². The fraction of sp³-hybridized carbons (Fsp3) is 0.0588. The van der Waals surface area contributed by atoms with E-state index >= 15 is 0 Å². The van der Waals surface area contributed by atoms with E-state index in [1.165, 1.54) is 48.7 Å². The van der Waals surface area contributed by atoms with Crippen LogP contribution in [0.2, 0.25) is 0 Å². The third-order valence-electron chi connectivity index (χ3n) is 3.78. The predicted octanol–water partition coefficient (Wildman–Crippen LogP) is 2.29. The van der Waals surface area contributed by atoms with Gasteiger partial charge in [0.25, 0.3) is 25.7 Å². The Kier molecular flexibility index (Phi) is 5.67. The molecule has 0 spiro atoms. The lowest BCUT2D eigenvalue weighted by molar-refractivity contribution is -0.385. The highest BCUT2D eigenvalue weighted by atomic mass is 32.2. The van der Waals surface area contributed by atoms with Gasteiger partial charge in [0.1, 0.15) is 0 Å². The number of non-ortho nitro benzene ring substituents is 1. The van der Waals surface area contributed by atoms with Crippen LogP contribution in [0.3, 0.4) is 0 Å². The maximum absolute atomic E-state index is 12.5. The number of nitro groups is 1. The summed E-state index contributed by atoms with van der Waals surface area (Å²) in [6, 6.07) is 11.1. The largest absolute Gasteiger partial charge is 0.280 e. The van der Waals surface area contributed by atoms with Gasteiger partial charge in [0.2, 0.25) is 5.95 Å². The van der Waals surface area contributed by atoms with Gasteiger partial charge in [0.15, 0.2) is 0 Å². The Labute approximate surface area is 172 Å². The third-order valence-corrected chi connectivity index (χ3v) is 6.50. The smallest absolute Gasteiger partial charge is 0.270 e. The lowest BCUT2D eigenvalue weighted by Gasteiger charge is -2.10. The van der Waals surface area contributed by atoms with E-state index in [1.54, 1.807) is 13.0 Å². The van der Waals surface area contributed by atoms with E-state index in [1.807, 2.05) is 0 Å². The second-order valence-electron chi connectivity index (χ2n) is 6.01. The molecule has 0 atom stereocenters. The molecular weight excluding hydrogens is 434 g/mol. The molecule has 0 bridgehead atoms. The maximum atomic E-state index is 12.5. The van der Waals surface area contributed by atoms with Crippen molar-refractivity contribution in [1.29, 1.82) is 0 Å². The van der Waals surface area contributed by atoms with Gasteiger partial charge in [-0.05, 0) is 43.3 Å². The normalized spacial score (nSPS) is 11.6. The molecule has 0 aliphatic rings. The van der Waals surface area contributed by atoms with E-state index in [2.05, 4.69) is 19.4 Å². The summed E-state index contributed by atoms with van der Waals surface area (Å²) < 4.78 is 54.3. The first-order chi connectivity index (χ1) is 14.1. The molecule has 11 nitrogen and oxygen atoms in total. The molecular formula is C17H15N5O6S2. The molecule has 0 amide bonds. The minimum absolute atomic E-state index is 0.0762. The van der Waals surface area contributed by atoms with E-state index in [0.29, 0.717) is 5.69 Å². The molecule has 0 fully saturated rings. The number of sulfonamides is 2. The topological polar surface area (TPSA) is 161 Å². The summed E-state index contributed by atoms with van der Waals surface area (Å²) in [6.07, 6.45) is 1.41. The summed E-state index contributed by atoms with van der Waals surface area (Å²) in [7, 11) is -8.10. The molecule has 156 valence electrons. The van der Waals surface area contributed by atoms with Crippen LogP contribution in [-0.2, 0) is 20.0 Å². The van der Waals surface area contributed by atoms with Gasteiger partial charge in [-0.3, -0.25) is 14.8 Å². The molecule has 0 saturated heterocycles. The number of nitrogens with zero attached hydrogens (tertiary/aromatic N) is 3. The number of aromatic nitrogens is 2. The van der Waals surface area contributed by atoms with Crippen LogP contribution >= 0.6 is 0 Å². The number of rotatable bonds is 7. The van der Waals surface area contributed by atoms with Crippen molar-refractivity contribution in [2.24, 2.45) is 0 Å². The van der Waals surface area contributed by atoms with Gasteiger partial charge in [0.05, 0.1) is 14.7 Å². The number of hydrogen-bond donors (Lipinski definition) is 2. The Morgan fingerprint density at radius 1 is 0.900 bits per heavy atom. The monoisotopic (exact) mass is 449 g/mol. The average molecular weight is 449 g/mol. The van der Waals surface area contributed by atoms with E-state index in [9.17, 15) is 26.9 Å². The minimum Gasteiger partial charge on any atom is -0.280 e. The standard InChI is InChI=1S/C17H15N5O6S2/c1-12-9-10-18-17(19-12)21-29(25,26)15-7-5-13(6-8-15)20-30(27,28)16-4-2-3-14(11-16)22(23)24/h2-11,20H,1H3,(H,18,19,21).